The lowest BCUT2D eigenvalue weighted by molar-refractivity contribution is 0.365. The standard InChI is InChI=1S/C11H17N8/c1-19(7-5-3-2-4-6-7)10(15)17-9(14)18-11(19)16-8(12)13/h2-6,10H,15H2,1H3,(H6,12,13,14,16,17,18)/q+1. The summed E-state index contributed by atoms with van der Waals surface area (Å²) in [5.41, 5.74) is 17.9. The Morgan fingerprint density at radius 3 is 2.58 bits per heavy atom. The summed E-state index contributed by atoms with van der Waals surface area (Å²) in [6.07, 6.45) is -0.665. The highest BCUT2D eigenvalue weighted by molar-refractivity contribution is 6.08. The Labute approximate surface area is 110 Å². The molecule has 2 atom stereocenters. The molecule has 0 bridgehead atoms. The van der Waals surface area contributed by atoms with Crippen LogP contribution in [0.25, 0.3) is 0 Å². The van der Waals surface area contributed by atoms with E-state index in [-0.39, 0.29) is 16.4 Å². The summed E-state index contributed by atoms with van der Waals surface area (Å²) in [6, 6.07) is 9.47. The predicted octanol–water partition coefficient (Wildman–Crippen LogP) is -0.967. The van der Waals surface area contributed by atoms with Crippen molar-refractivity contribution in [2.24, 2.45) is 27.2 Å². The van der Waals surface area contributed by atoms with Gasteiger partial charge in [-0.1, -0.05) is 18.2 Å². The highest BCUT2D eigenvalue weighted by Gasteiger charge is 2.42. The van der Waals surface area contributed by atoms with Crippen LogP contribution in [0.5, 0.6) is 0 Å². The normalized spacial score (nSPS) is 26.3. The van der Waals surface area contributed by atoms with E-state index in [0.29, 0.717) is 5.96 Å². The largest absolute Gasteiger partial charge is 0.370 e. The van der Waals surface area contributed by atoms with Gasteiger partial charge in [0, 0.05) is 0 Å². The highest BCUT2D eigenvalue weighted by Crippen LogP contribution is 2.25. The van der Waals surface area contributed by atoms with Gasteiger partial charge in [0.1, 0.15) is 5.69 Å². The molecule has 1 heterocycles. The number of nitrogens with two attached hydrogens (primary N) is 3. The van der Waals surface area contributed by atoms with Crippen LogP contribution in [-0.2, 0) is 0 Å². The smallest absolute Gasteiger partial charge is 0.320 e. The van der Waals surface area contributed by atoms with Crippen molar-refractivity contribution in [3.8, 4) is 0 Å². The zero-order valence-corrected chi connectivity index (χ0v) is 10.5. The van der Waals surface area contributed by atoms with Gasteiger partial charge in [-0.3, -0.25) is 16.5 Å². The van der Waals surface area contributed by atoms with Crippen molar-refractivity contribution in [1.29, 1.82) is 5.41 Å². The average molecular weight is 261 g/mol. The summed E-state index contributed by atoms with van der Waals surface area (Å²) < 4.78 is 0.0567. The fourth-order valence-electron chi connectivity index (χ4n) is 1.89. The Balaban J connectivity index is 2.52. The molecule has 8 N–H and O–H groups in total. The van der Waals surface area contributed by atoms with Crippen LogP contribution in [-0.4, -0.2) is 31.2 Å². The maximum atomic E-state index is 7.36. The van der Waals surface area contributed by atoms with E-state index in [9.17, 15) is 0 Å². The molecule has 19 heavy (non-hydrogen) atoms. The van der Waals surface area contributed by atoms with Gasteiger partial charge < -0.3 is 11.5 Å². The number of hydrogen-bond acceptors (Lipinski definition) is 5. The molecule has 0 fully saturated rings. The number of nitrogens with zero attached hydrogens (tertiary/aromatic N) is 3. The zero-order chi connectivity index (χ0) is 14.0. The Bertz CT molecular complexity index is 549. The molecule has 1 aromatic carbocycles. The number of quaternary nitrogens is 1. The predicted molar refractivity (Wildman–Crippen MR) is 76.2 cm³/mol. The van der Waals surface area contributed by atoms with Gasteiger partial charge in [-0.15, -0.1) is 4.99 Å². The van der Waals surface area contributed by atoms with Crippen molar-refractivity contribution >= 4 is 23.6 Å². The quantitative estimate of drug-likeness (QED) is 0.252. The van der Waals surface area contributed by atoms with Crippen LogP contribution in [0.2, 0.25) is 0 Å². The molecular weight excluding hydrogens is 244 g/mol. The zero-order valence-electron chi connectivity index (χ0n) is 10.5. The molecule has 8 nitrogen and oxygen atoms in total. The topological polar surface area (TPSA) is 139 Å². The van der Waals surface area contributed by atoms with Crippen molar-refractivity contribution in [2.75, 3.05) is 7.05 Å². The van der Waals surface area contributed by atoms with E-state index in [4.69, 9.17) is 22.6 Å². The SMILES string of the molecule is C[N+]1(c2ccccc2)C(NC(=N)N)=NC(N)=NC1N. The first kappa shape index (κ1) is 13.0. The van der Waals surface area contributed by atoms with Gasteiger partial charge in [-0.2, -0.15) is 9.48 Å². The van der Waals surface area contributed by atoms with E-state index in [0.717, 1.165) is 5.69 Å². The molecule has 1 aliphatic rings. The van der Waals surface area contributed by atoms with E-state index in [1.54, 1.807) is 0 Å². The summed E-state index contributed by atoms with van der Waals surface area (Å²) in [7, 11) is 1.82. The third kappa shape index (κ3) is 2.26. The molecule has 100 valence electrons. The van der Waals surface area contributed by atoms with E-state index < -0.39 is 6.29 Å². The lowest BCUT2D eigenvalue weighted by atomic mass is 10.2. The molecular formula is C11H17N8+. The van der Waals surface area contributed by atoms with Crippen molar-refractivity contribution < 1.29 is 0 Å². The third-order valence-corrected chi connectivity index (χ3v) is 2.99. The second-order valence-electron chi connectivity index (χ2n) is 4.29. The Morgan fingerprint density at radius 1 is 1.37 bits per heavy atom. The van der Waals surface area contributed by atoms with Crippen molar-refractivity contribution in [3.63, 3.8) is 0 Å². The number of rotatable bonds is 1. The number of nitrogens with one attached hydrogen (secondary N) is 2. The molecule has 0 spiro atoms. The van der Waals surface area contributed by atoms with Gasteiger partial charge in [0.25, 0.3) is 6.29 Å². The summed E-state index contributed by atoms with van der Waals surface area (Å²) in [5, 5.41) is 10.0. The highest BCUT2D eigenvalue weighted by atomic mass is 15.6. The van der Waals surface area contributed by atoms with Crippen LogP contribution in [0.3, 0.4) is 0 Å². The van der Waals surface area contributed by atoms with Gasteiger partial charge in [0.15, 0.2) is 5.96 Å². The van der Waals surface area contributed by atoms with Gasteiger partial charge in [-0.05, 0) is 12.1 Å². The fraction of sp³-hybridized carbons (Fsp3) is 0.182. The second-order valence-corrected chi connectivity index (χ2v) is 4.29. The van der Waals surface area contributed by atoms with Gasteiger partial charge >= 0.3 is 5.96 Å². The summed E-state index contributed by atoms with van der Waals surface area (Å²) in [4.78, 5) is 8.18. The van der Waals surface area contributed by atoms with Crippen molar-refractivity contribution in [2.45, 2.75) is 6.29 Å². The molecule has 2 rings (SSSR count). The molecule has 0 amide bonds. The van der Waals surface area contributed by atoms with Gasteiger partial charge in [0.2, 0.25) is 5.96 Å². The maximum Gasteiger partial charge on any atom is 0.320 e. The Morgan fingerprint density at radius 2 is 2.00 bits per heavy atom. The molecule has 1 aromatic rings. The fourth-order valence-corrected chi connectivity index (χ4v) is 1.89. The van der Waals surface area contributed by atoms with Crippen LogP contribution >= 0.6 is 0 Å². The number of benzene rings is 1. The van der Waals surface area contributed by atoms with Gasteiger partial charge in [0.05, 0.1) is 7.05 Å². The average Bonchev–Trinajstić information content (AvgIpc) is 2.36. The molecule has 8 heteroatoms. The summed E-state index contributed by atoms with van der Waals surface area (Å²) >= 11 is 0. The first-order chi connectivity index (χ1) is 8.94. The Hall–Kier alpha value is -2.45. The van der Waals surface area contributed by atoms with Crippen molar-refractivity contribution in [1.82, 2.24) is 9.80 Å². The molecule has 0 saturated heterocycles. The molecule has 0 saturated carbocycles. The number of aliphatic imine (C=N–C) groups is 2. The van der Waals surface area contributed by atoms with Crippen molar-refractivity contribution in [3.05, 3.63) is 30.3 Å². The van der Waals surface area contributed by atoms with Crippen LogP contribution < -0.4 is 27.0 Å². The second kappa shape index (κ2) is 4.67. The maximum absolute atomic E-state index is 7.36. The lowest BCUT2D eigenvalue weighted by Crippen LogP contribution is -2.68. The third-order valence-electron chi connectivity index (χ3n) is 2.99. The first-order valence-electron chi connectivity index (χ1n) is 5.65. The number of para-hydroxylation sites is 1. The molecule has 1 aliphatic heterocycles. The first-order valence-corrected chi connectivity index (χ1v) is 5.65. The van der Waals surface area contributed by atoms with E-state index >= 15 is 0 Å². The van der Waals surface area contributed by atoms with E-state index in [1.807, 2.05) is 37.4 Å². The minimum absolute atomic E-state index is 0.0567. The van der Waals surface area contributed by atoms with Crippen LogP contribution in [0.15, 0.2) is 40.3 Å². The molecule has 0 radical (unpaired) electrons. The van der Waals surface area contributed by atoms with Gasteiger partial charge in [-0.25, -0.2) is 0 Å². The van der Waals surface area contributed by atoms with E-state index in [2.05, 4.69) is 15.3 Å². The minimum Gasteiger partial charge on any atom is -0.370 e. The Kier molecular flexibility index (Phi) is 3.19. The summed E-state index contributed by atoms with van der Waals surface area (Å²) in [6.45, 7) is 0. The number of hydrogen-bond donors (Lipinski definition) is 5. The molecule has 0 aliphatic carbocycles. The monoisotopic (exact) mass is 261 g/mol. The van der Waals surface area contributed by atoms with Crippen LogP contribution in [0, 0.1) is 5.41 Å². The van der Waals surface area contributed by atoms with E-state index in [1.165, 1.54) is 0 Å². The number of guanidine groups is 3. The molecule has 0 aromatic heterocycles. The van der Waals surface area contributed by atoms with Crippen LogP contribution in [0.1, 0.15) is 0 Å². The lowest BCUT2D eigenvalue weighted by Gasteiger charge is -2.37. The summed E-state index contributed by atoms with van der Waals surface area (Å²) in [5.74, 6) is 0.183. The van der Waals surface area contributed by atoms with Crippen LogP contribution in [0.4, 0.5) is 5.69 Å². The minimum atomic E-state index is -0.665. The molecule has 2 unspecified atom stereocenters.